The largest absolute Gasteiger partial charge is 0.421 e. The first-order valence-corrected chi connectivity index (χ1v) is 12.9. The summed E-state index contributed by atoms with van der Waals surface area (Å²) in [5.41, 5.74) is 4.61. The van der Waals surface area contributed by atoms with Gasteiger partial charge in [-0.05, 0) is 23.8 Å². The summed E-state index contributed by atoms with van der Waals surface area (Å²) in [6.07, 6.45) is 0. The number of hydrogen-bond donors (Lipinski definition) is 0. The topological polar surface area (TPSA) is 52.1 Å². The highest BCUT2D eigenvalue weighted by Gasteiger charge is 2.25. The Bertz CT molecular complexity index is 2000. The minimum Gasteiger partial charge on any atom is -0.421 e. The fourth-order valence-electron chi connectivity index (χ4n) is 4.75. The number of hydrogen-bond acceptors (Lipinski definition) is 5. The standard InChI is InChI=1S/C31H17ClN2O2S/c32-26-21-14-6-9-17-24(21)37-30(26)31(35)36-29-20-13-5-4-12-19(20)27-28(25(29)18-10-2-1-3-11-18)34-23-16-8-7-15-22(23)33-27/h1-17H. The number of esters is 1. The second-order valence-electron chi connectivity index (χ2n) is 8.66. The molecule has 4 nitrogen and oxygen atoms in total. The number of aromatic nitrogens is 2. The van der Waals surface area contributed by atoms with Crippen LogP contribution in [0.15, 0.2) is 103 Å². The van der Waals surface area contributed by atoms with Crippen molar-refractivity contribution in [1.29, 1.82) is 0 Å². The number of carbonyl (C=O) groups excluding carboxylic acids is 1. The van der Waals surface area contributed by atoms with Gasteiger partial charge in [-0.15, -0.1) is 11.3 Å². The molecular formula is C31H17ClN2O2S. The van der Waals surface area contributed by atoms with E-state index in [2.05, 4.69) is 0 Å². The highest BCUT2D eigenvalue weighted by Crippen LogP contribution is 2.44. The van der Waals surface area contributed by atoms with E-state index >= 15 is 0 Å². The van der Waals surface area contributed by atoms with Crippen LogP contribution in [0.25, 0.3) is 54.1 Å². The van der Waals surface area contributed by atoms with Crippen molar-refractivity contribution in [2.45, 2.75) is 0 Å². The van der Waals surface area contributed by atoms with E-state index in [4.69, 9.17) is 26.3 Å². The molecule has 0 fully saturated rings. The molecule has 6 heteroatoms. The van der Waals surface area contributed by atoms with Gasteiger partial charge in [0.25, 0.3) is 0 Å². The molecule has 0 bridgehead atoms. The average molecular weight is 517 g/mol. The molecule has 0 radical (unpaired) electrons. The van der Waals surface area contributed by atoms with Crippen LogP contribution in [0.1, 0.15) is 9.67 Å². The van der Waals surface area contributed by atoms with Crippen LogP contribution in [0.5, 0.6) is 5.75 Å². The SMILES string of the molecule is O=C(Oc1c(-c2ccccc2)c2nc3ccccc3nc2c2ccccc12)c1sc2ccccc2c1Cl. The maximum Gasteiger partial charge on any atom is 0.355 e. The van der Waals surface area contributed by atoms with Crippen LogP contribution < -0.4 is 4.74 Å². The van der Waals surface area contributed by atoms with Crippen LogP contribution in [0.4, 0.5) is 0 Å². The number of fused-ring (bicyclic) bond motifs is 5. The Labute approximate surface area is 220 Å². The van der Waals surface area contributed by atoms with Crippen LogP contribution in [0.3, 0.4) is 0 Å². The van der Waals surface area contributed by atoms with Gasteiger partial charge in [0.1, 0.15) is 16.1 Å². The van der Waals surface area contributed by atoms with Crippen molar-refractivity contribution in [2.75, 3.05) is 0 Å². The van der Waals surface area contributed by atoms with Crippen molar-refractivity contribution in [3.63, 3.8) is 0 Å². The lowest BCUT2D eigenvalue weighted by molar-refractivity contribution is 0.0743. The molecule has 7 aromatic rings. The monoisotopic (exact) mass is 516 g/mol. The molecule has 0 amide bonds. The Morgan fingerprint density at radius 1 is 0.676 bits per heavy atom. The van der Waals surface area contributed by atoms with E-state index in [9.17, 15) is 4.79 Å². The molecule has 5 aromatic carbocycles. The van der Waals surface area contributed by atoms with E-state index in [0.717, 1.165) is 48.5 Å². The fourth-order valence-corrected chi connectivity index (χ4v) is 6.14. The van der Waals surface area contributed by atoms with Gasteiger partial charge in [-0.25, -0.2) is 14.8 Å². The van der Waals surface area contributed by atoms with Gasteiger partial charge in [0.2, 0.25) is 0 Å². The predicted molar refractivity (Wildman–Crippen MR) is 152 cm³/mol. The molecule has 2 heterocycles. The van der Waals surface area contributed by atoms with E-state index in [0.29, 0.717) is 21.2 Å². The lowest BCUT2D eigenvalue weighted by atomic mass is 9.96. The van der Waals surface area contributed by atoms with E-state index in [1.54, 1.807) is 0 Å². The second kappa shape index (κ2) is 8.66. The van der Waals surface area contributed by atoms with Gasteiger partial charge >= 0.3 is 5.97 Å². The smallest absolute Gasteiger partial charge is 0.355 e. The number of carbonyl (C=O) groups is 1. The lowest BCUT2D eigenvalue weighted by Gasteiger charge is -2.17. The van der Waals surface area contributed by atoms with E-state index in [-0.39, 0.29) is 0 Å². The summed E-state index contributed by atoms with van der Waals surface area (Å²) in [6, 6.07) is 33.2. The summed E-state index contributed by atoms with van der Waals surface area (Å²) < 4.78 is 7.18. The van der Waals surface area contributed by atoms with Crippen LogP contribution in [-0.2, 0) is 0 Å². The Balaban J connectivity index is 1.54. The molecule has 0 saturated carbocycles. The highest BCUT2D eigenvalue weighted by molar-refractivity contribution is 7.21. The Kier molecular flexibility index (Phi) is 5.13. The first-order chi connectivity index (χ1) is 18.2. The molecule has 176 valence electrons. The van der Waals surface area contributed by atoms with Crippen LogP contribution in [-0.4, -0.2) is 15.9 Å². The molecule has 7 rings (SSSR count). The van der Waals surface area contributed by atoms with Crippen molar-refractivity contribution < 1.29 is 9.53 Å². The maximum atomic E-state index is 13.6. The predicted octanol–water partition coefficient (Wildman–Crippen LogP) is 8.69. The van der Waals surface area contributed by atoms with Gasteiger partial charge in [0.15, 0.2) is 0 Å². The van der Waals surface area contributed by atoms with Gasteiger partial charge < -0.3 is 4.74 Å². The van der Waals surface area contributed by atoms with Crippen LogP contribution in [0.2, 0.25) is 5.02 Å². The Hall–Kier alpha value is -4.32. The van der Waals surface area contributed by atoms with E-state index < -0.39 is 5.97 Å². The maximum absolute atomic E-state index is 13.6. The molecule has 0 spiro atoms. The third-order valence-corrected chi connectivity index (χ3v) is 8.09. The zero-order valence-corrected chi connectivity index (χ0v) is 20.9. The van der Waals surface area contributed by atoms with Crippen molar-refractivity contribution in [3.05, 3.63) is 113 Å². The molecule has 0 saturated heterocycles. The van der Waals surface area contributed by atoms with E-state index in [1.807, 2.05) is 103 Å². The highest BCUT2D eigenvalue weighted by atomic mass is 35.5. The molecule has 0 N–H and O–H groups in total. The number of benzene rings is 5. The van der Waals surface area contributed by atoms with Gasteiger partial charge in [-0.1, -0.05) is 96.5 Å². The van der Waals surface area contributed by atoms with Gasteiger partial charge in [-0.3, -0.25) is 0 Å². The summed E-state index contributed by atoms with van der Waals surface area (Å²) in [4.78, 5) is 24.0. The summed E-state index contributed by atoms with van der Waals surface area (Å²) in [5, 5.41) is 2.89. The minimum atomic E-state index is -0.498. The molecule has 0 aliphatic heterocycles. The quantitative estimate of drug-likeness (QED) is 0.102. The zero-order chi connectivity index (χ0) is 24.9. The molecule has 0 aliphatic carbocycles. The zero-order valence-electron chi connectivity index (χ0n) is 19.3. The minimum absolute atomic E-state index is 0.371. The number of para-hydroxylation sites is 2. The van der Waals surface area contributed by atoms with Crippen molar-refractivity contribution in [3.8, 4) is 16.9 Å². The Morgan fingerprint density at radius 2 is 1.27 bits per heavy atom. The summed E-state index contributed by atoms with van der Waals surface area (Å²) in [5.74, 6) is -0.0564. The summed E-state index contributed by atoms with van der Waals surface area (Å²) in [6.45, 7) is 0. The Morgan fingerprint density at radius 3 is 2.00 bits per heavy atom. The van der Waals surface area contributed by atoms with Gasteiger partial charge in [0.05, 0.1) is 27.1 Å². The van der Waals surface area contributed by atoms with Crippen molar-refractivity contribution >= 4 is 71.8 Å². The number of ether oxygens (including phenoxy) is 1. The van der Waals surface area contributed by atoms with Gasteiger partial charge in [-0.2, -0.15) is 0 Å². The summed E-state index contributed by atoms with van der Waals surface area (Å²) in [7, 11) is 0. The fraction of sp³-hybridized carbons (Fsp3) is 0. The molecule has 2 aromatic heterocycles. The van der Waals surface area contributed by atoms with Crippen LogP contribution >= 0.6 is 22.9 Å². The second-order valence-corrected chi connectivity index (χ2v) is 10.1. The molecule has 0 unspecified atom stereocenters. The van der Waals surface area contributed by atoms with Crippen molar-refractivity contribution in [1.82, 2.24) is 9.97 Å². The molecule has 0 aliphatic rings. The van der Waals surface area contributed by atoms with E-state index in [1.165, 1.54) is 11.3 Å². The summed E-state index contributed by atoms with van der Waals surface area (Å²) >= 11 is 7.97. The third-order valence-electron chi connectivity index (χ3n) is 6.44. The number of nitrogens with zero attached hydrogens (tertiary/aromatic N) is 2. The molecule has 0 atom stereocenters. The van der Waals surface area contributed by atoms with Gasteiger partial charge in [0, 0.05) is 20.9 Å². The third kappa shape index (κ3) is 3.55. The molecule has 37 heavy (non-hydrogen) atoms. The number of thiophene rings is 1. The number of halogens is 1. The lowest BCUT2D eigenvalue weighted by Crippen LogP contribution is -2.09. The first kappa shape index (κ1) is 21.9. The normalized spacial score (nSPS) is 11.5. The number of rotatable bonds is 3. The average Bonchev–Trinajstić information content (AvgIpc) is 3.29. The van der Waals surface area contributed by atoms with Crippen molar-refractivity contribution in [2.24, 2.45) is 0 Å². The van der Waals surface area contributed by atoms with Crippen LogP contribution in [0, 0.1) is 0 Å². The molecular weight excluding hydrogens is 500 g/mol. The first-order valence-electron chi connectivity index (χ1n) is 11.7.